The van der Waals surface area contributed by atoms with E-state index in [1.54, 1.807) is 48.5 Å². The summed E-state index contributed by atoms with van der Waals surface area (Å²) in [5, 5.41) is 2.64. The van der Waals surface area contributed by atoms with Crippen LogP contribution >= 0.6 is 0 Å². The number of para-hydroxylation sites is 2. The molecule has 0 aromatic heterocycles. The maximum absolute atomic E-state index is 13.1. The molecule has 0 spiro atoms. The van der Waals surface area contributed by atoms with Gasteiger partial charge in [-0.25, -0.2) is 8.42 Å². The number of nitrogens with two attached hydrogens (primary N) is 1. The zero-order chi connectivity index (χ0) is 21.9. The van der Waals surface area contributed by atoms with Crippen LogP contribution in [0.5, 0.6) is 0 Å². The van der Waals surface area contributed by atoms with Crippen LogP contribution in [0.15, 0.2) is 77.7 Å². The van der Waals surface area contributed by atoms with Gasteiger partial charge in [-0.1, -0.05) is 42.0 Å². The van der Waals surface area contributed by atoms with Crippen molar-refractivity contribution in [2.24, 2.45) is 5.73 Å². The molecule has 0 saturated carbocycles. The molecule has 3 rings (SSSR count). The molecule has 0 atom stereocenters. The normalized spacial score (nSPS) is 11.0. The molecule has 0 fully saturated rings. The predicted octanol–water partition coefficient (Wildman–Crippen LogP) is 3.17. The number of benzene rings is 3. The fourth-order valence-corrected chi connectivity index (χ4v) is 4.15. The van der Waals surface area contributed by atoms with Gasteiger partial charge in [0, 0.05) is 7.05 Å². The molecule has 30 heavy (non-hydrogen) atoms. The van der Waals surface area contributed by atoms with Gasteiger partial charge in [0.1, 0.15) is 0 Å². The Morgan fingerprint density at radius 2 is 1.43 bits per heavy atom. The van der Waals surface area contributed by atoms with Gasteiger partial charge < -0.3 is 11.1 Å². The molecular weight excluding hydrogens is 402 g/mol. The Balaban J connectivity index is 1.97. The number of rotatable bonds is 6. The average molecular weight is 423 g/mol. The predicted molar refractivity (Wildman–Crippen MR) is 116 cm³/mol. The molecule has 0 radical (unpaired) electrons. The summed E-state index contributed by atoms with van der Waals surface area (Å²) in [5.74, 6) is -1.25. The van der Waals surface area contributed by atoms with Crippen molar-refractivity contribution < 1.29 is 18.0 Å². The number of nitrogens with one attached hydrogen (secondary N) is 1. The minimum atomic E-state index is -3.88. The molecule has 0 saturated heterocycles. The molecule has 0 bridgehead atoms. The number of aryl methyl sites for hydroxylation is 1. The summed E-state index contributed by atoms with van der Waals surface area (Å²) >= 11 is 0. The van der Waals surface area contributed by atoms with Gasteiger partial charge in [0.2, 0.25) is 0 Å². The average Bonchev–Trinajstić information content (AvgIpc) is 2.73. The van der Waals surface area contributed by atoms with Crippen LogP contribution in [0.4, 0.5) is 11.4 Å². The lowest BCUT2D eigenvalue weighted by atomic mass is 10.1. The molecule has 0 aliphatic heterocycles. The molecule has 8 heteroatoms. The Morgan fingerprint density at radius 1 is 0.867 bits per heavy atom. The highest BCUT2D eigenvalue weighted by Gasteiger charge is 2.25. The van der Waals surface area contributed by atoms with Gasteiger partial charge in [-0.3, -0.25) is 13.9 Å². The van der Waals surface area contributed by atoms with Crippen molar-refractivity contribution in [2.45, 2.75) is 11.8 Å². The minimum Gasteiger partial charge on any atom is -0.366 e. The Labute approximate surface area is 175 Å². The maximum atomic E-state index is 13.1. The van der Waals surface area contributed by atoms with Crippen molar-refractivity contribution >= 4 is 33.2 Å². The van der Waals surface area contributed by atoms with Crippen molar-refractivity contribution in [1.29, 1.82) is 0 Å². The van der Waals surface area contributed by atoms with Crippen LogP contribution in [0.1, 0.15) is 26.3 Å². The van der Waals surface area contributed by atoms with Crippen molar-refractivity contribution in [3.63, 3.8) is 0 Å². The highest BCUT2D eigenvalue weighted by Crippen LogP contribution is 2.27. The molecule has 3 aromatic carbocycles. The first-order valence-electron chi connectivity index (χ1n) is 9.06. The van der Waals surface area contributed by atoms with Crippen molar-refractivity contribution in [2.75, 3.05) is 16.7 Å². The zero-order valence-electron chi connectivity index (χ0n) is 16.5. The molecule has 0 aliphatic rings. The summed E-state index contributed by atoms with van der Waals surface area (Å²) in [4.78, 5) is 24.7. The lowest BCUT2D eigenvalue weighted by Crippen LogP contribution is -2.29. The number of nitrogens with zero attached hydrogens (tertiary/aromatic N) is 1. The third-order valence-electron chi connectivity index (χ3n) is 4.61. The molecule has 154 valence electrons. The molecule has 7 nitrogen and oxygen atoms in total. The van der Waals surface area contributed by atoms with Gasteiger partial charge in [0.05, 0.1) is 27.4 Å². The molecule has 0 heterocycles. The SMILES string of the molecule is Cc1ccc(S(=O)(=O)N(C)c2ccccc2C(=O)Nc2ccccc2C(N)=O)cc1. The van der Waals surface area contributed by atoms with Gasteiger partial charge in [-0.2, -0.15) is 0 Å². The van der Waals surface area contributed by atoms with Crippen LogP contribution in [0.3, 0.4) is 0 Å². The smallest absolute Gasteiger partial charge is 0.264 e. The van der Waals surface area contributed by atoms with E-state index in [4.69, 9.17) is 5.73 Å². The first-order chi connectivity index (χ1) is 14.2. The number of carbonyl (C=O) groups is 2. The van der Waals surface area contributed by atoms with Gasteiger partial charge in [0.15, 0.2) is 0 Å². The van der Waals surface area contributed by atoms with Gasteiger partial charge >= 0.3 is 0 Å². The number of hydrogen-bond donors (Lipinski definition) is 2. The monoisotopic (exact) mass is 423 g/mol. The number of primary amides is 1. The summed E-state index contributed by atoms with van der Waals surface area (Å²) in [6.07, 6.45) is 0. The third-order valence-corrected chi connectivity index (χ3v) is 6.39. The fourth-order valence-electron chi connectivity index (χ4n) is 2.93. The molecule has 0 aliphatic carbocycles. The van der Waals surface area contributed by atoms with Crippen molar-refractivity contribution in [3.8, 4) is 0 Å². The van der Waals surface area contributed by atoms with Gasteiger partial charge in [-0.05, 0) is 43.3 Å². The largest absolute Gasteiger partial charge is 0.366 e. The quantitative estimate of drug-likeness (QED) is 0.634. The number of sulfonamides is 1. The highest BCUT2D eigenvalue weighted by molar-refractivity contribution is 7.92. The maximum Gasteiger partial charge on any atom is 0.264 e. The van der Waals surface area contributed by atoms with Crippen LogP contribution in [-0.2, 0) is 10.0 Å². The summed E-state index contributed by atoms with van der Waals surface area (Å²) in [5.41, 5.74) is 7.03. The lowest BCUT2D eigenvalue weighted by molar-refractivity contribution is 0.100. The second-order valence-electron chi connectivity index (χ2n) is 6.67. The summed E-state index contributed by atoms with van der Waals surface area (Å²) in [7, 11) is -2.49. The molecule has 3 N–H and O–H groups in total. The Bertz CT molecular complexity index is 1210. The van der Waals surface area contributed by atoms with E-state index in [9.17, 15) is 18.0 Å². The Hall–Kier alpha value is -3.65. The summed E-state index contributed by atoms with van der Waals surface area (Å²) in [6, 6.07) is 19.1. The summed E-state index contributed by atoms with van der Waals surface area (Å²) in [6.45, 7) is 1.86. The van der Waals surface area contributed by atoms with Gasteiger partial charge in [-0.15, -0.1) is 0 Å². The highest BCUT2D eigenvalue weighted by atomic mass is 32.2. The van der Waals surface area contributed by atoms with E-state index >= 15 is 0 Å². The van der Waals surface area contributed by atoms with E-state index in [2.05, 4.69) is 5.32 Å². The number of anilines is 2. The van der Waals surface area contributed by atoms with Crippen LogP contribution < -0.4 is 15.4 Å². The number of amides is 2. The topological polar surface area (TPSA) is 110 Å². The van der Waals surface area contributed by atoms with E-state index in [-0.39, 0.29) is 27.4 Å². The molecule has 2 amide bonds. The van der Waals surface area contributed by atoms with E-state index in [1.165, 1.54) is 31.3 Å². The second-order valence-corrected chi connectivity index (χ2v) is 8.64. The minimum absolute atomic E-state index is 0.116. The van der Waals surface area contributed by atoms with Crippen LogP contribution in [0.25, 0.3) is 0 Å². The van der Waals surface area contributed by atoms with Crippen molar-refractivity contribution in [3.05, 3.63) is 89.5 Å². The van der Waals surface area contributed by atoms with E-state index in [0.717, 1.165) is 9.87 Å². The lowest BCUT2D eigenvalue weighted by Gasteiger charge is -2.22. The van der Waals surface area contributed by atoms with E-state index in [0.29, 0.717) is 0 Å². The number of carbonyl (C=O) groups excluding carboxylic acids is 2. The standard InChI is InChI=1S/C22H21N3O4S/c1-15-11-13-16(14-12-15)30(28,29)25(2)20-10-6-4-8-18(20)22(27)24-19-9-5-3-7-17(19)21(23)26/h3-14H,1-2H3,(H2,23,26)(H,24,27). The molecule has 0 unspecified atom stereocenters. The summed E-state index contributed by atoms with van der Waals surface area (Å²) < 4.78 is 27.2. The number of hydrogen-bond acceptors (Lipinski definition) is 4. The fraction of sp³-hybridized carbons (Fsp3) is 0.0909. The first kappa shape index (κ1) is 21.1. The van der Waals surface area contributed by atoms with Crippen LogP contribution in [0, 0.1) is 6.92 Å². The Morgan fingerprint density at radius 3 is 2.07 bits per heavy atom. The Kier molecular flexibility index (Phi) is 5.89. The van der Waals surface area contributed by atoms with Gasteiger partial charge in [0.25, 0.3) is 21.8 Å². The van der Waals surface area contributed by atoms with Crippen LogP contribution in [0.2, 0.25) is 0 Å². The first-order valence-corrected chi connectivity index (χ1v) is 10.5. The zero-order valence-corrected chi connectivity index (χ0v) is 17.3. The van der Waals surface area contributed by atoms with E-state index < -0.39 is 21.8 Å². The van der Waals surface area contributed by atoms with Crippen LogP contribution in [-0.4, -0.2) is 27.3 Å². The molecule has 3 aromatic rings. The third kappa shape index (κ3) is 4.18. The van der Waals surface area contributed by atoms with E-state index in [1.807, 2.05) is 6.92 Å². The second kappa shape index (κ2) is 8.38. The molecular formula is C22H21N3O4S. The van der Waals surface area contributed by atoms with Crippen molar-refractivity contribution in [1.82, 2.24) is 0 Å².